The molecular weight excluding hydrogens is 234 g/mol. The minimum Gasteiger partial charge on any atom is -0.376 e. The SMILES string of the molecule is CCCNCC(CC)(CC)COCc1ccccc1. The summed E-state index contributed by atoms with van der Waals surface area (Å²) < 4.78 is 5.96. The van der Waals surface area contributed by atoms with Gasteiger partial charge in [0.1, 0.15) is 0 Å². The molecule has 2 heteroatoms. The number of ether oxygens (including phenoxy) is 1. The van der Waals surface area contributed by atoms with Gasteiger partial charge in [0.25, 0.3) is 0 Å². The molecule has 0 spiro atoms. The van der Waals surface area contributed by atoms with Crippen LogP contribution in [0.4, 0.5) is 0 Å². The molecule has 0 atom stereocenters. The fraction of sp³-hybridized carbons (Fsp3) is 0.647. The molecule has 0 fully saturated rings. The highest BCUT2D eigenvalue weighted by Gasteiger charge is 2.25. The maximum Gasteiger partial charge on any atom is 0.0717 e. The Hall–Kier alpha value is -0.860. The molecule has 0 bridgehead atoms. The van der Waals surface area contributed by atoms with Crippen molar-refractivity contribution in [3.05, 3.63) is 35.9 Å². The van der Waals surface area contributed by atoms with Crippen LogP contribution in [-0.4, -0.2) is 19.7 Å². The quantitative estimate of drug-likeness (QED) is 0.644. The van der Waals surface area contributed by atoms with Crippen LogP contribution in [0.15, 0.2) is 30.3 Å². The average molecular weight is 263 g/mol. The molecule has 1 N–H and O–H groups in total. The van der Waals surface area contributed by atoms with Gasteiger partial charge in [-0.05, 0) is 31.4 Å². The molecule has 0 aliphatic rings. The Morgan fingerprint density at radius 3 is 2.32 bits per heavy atom. The number of rotatable bonds is 10. The summed E-state index contributed by atoms with van der Waals surface area (Å²) in [5.41, 5.74) is 1.54. The standard InChI is InChI=1S/C17H29NO/c1-4-12-18-14-17(5-2,6-3)15-19-13-16-10-8-7-9-11-16/h7-11,18H,4-6,12-15H2,1-3H3. The summed E-state index contributed by atoms with van der Waals surface area (Å²) in [5, 5.41) is 3.55. The van der Waals surface area contributed by atoms with Gasteiger partial charge < -0.3 is 10.1 Å². The van der Waals surface area contributed by atoms with E-state index in [0.717, 1.165) is 39.1 Å². The van der Waals surface area contributed by atoms with Crippen LogP contribution in [0.2, 0.25) is 0 Å². The zero-order valence-electron chi connectivity index (χ0n) is 12.7. The molecule has 108 valence electrons. The van der Waals surface area contributed by atoms with Gasteiger partial charge in [-0.3, -0.25) is 0 Å². The minimum absolute atomic E-state index is 0.282. The molecule has 0 aromatic heterocycles. The van der Waals surface area contributed by atoms with Gasteiger partial charge in [-0.2, -0.15) is 0 Å². The molecule has 19 heavy (non-hydrogen) atoms. The molecule has 0 saturated carbocycles. The van der Waals surface area contributed by atoms with Crippen molar-refractivity contribution >= 4 is 0 Å². The van der Waals surface area contributed by atoms with E-state index in [2.05, 4.69) is 50.4 Å². The lowest BCUT2D eigenvalue weighted by atomic mass is 9.83. The lowest BCUT2D eigenvalue weighted by molar-refractivity contribution is 0.0281. The number of hydrogen-bond acceptors (Lipinski definition) is 2. The Kier molecular flexibility index (Phi) is 7.76. The Morgan fingerprint density at radius 1 is 1.05 bits per heavy atom. The summed E-state index contributed by atoms with van der Waals surface area (Å²) in [6.45, 7) is 10.5. The van der Waals surface area contributed by atoms with Gasteiger partial charge in [0.15, 0.2) is 0 Å². The second kappa shape index (κ2) is 9.11. The topological polar surface area (TPSA) is 21.3 Å². The molecule has 0 unspecified atom stereocenters. The molecule has 0 heterocycles. The minimum atomic E-state index is 0.282. The number of nitrogens with one attached hydrogen (secondary N) is 1. The molecular formula is C17H29NO. The summed E-state index contributed by atoms with van der Waals surface area (Å²) in [6.07, 6.45) is 3.51. The van der Waals surface area contributed by atoms with Crippen molar-refractivity contribution < 1.29 is 4.74 Å². The van der Waals surface area contributed by atoms with Crippen molar-refractivity contribution in [1.29, 1.82) is 0 Å². The molecule has 0 aliphatic carbocycles. The van der Waals surface area contributed by atoms with Gasteiger partial charge in [-0.25, -0.2) is 0 Å². The van der Waals surface area contributed by atoms with Crippen LogP contribution >= 0.6 is 0 Å². The van der Waals surface area contributed by atoms with Crippen LogP contribution in [-0.2, 0) is 11.3 Å². The van der Waals surface area contributed by atoms with Crippen LogP contribution in [0.3, 0.4) is 0 Å². The Labute approximate surface area is 118 Å². The third-order valence-corrected chi connectivity index (χ3v) is 3.95. The summed E-state index contributed by atoms with van der Waals surface area (Å²) in [7, 11) is 0. The second-order valence-electron chi connectivity index (χ2n) is 5.36. The van der Waals surface area contributed by atoms with E-state index in [4.69, 9.17) is 4.74 Å². The van der Waals surface area contributed by atoms with Crippen LogP contribution < -0.4 is 5.32 Å². The lowest BCUT2D eigenvalue weighted by Gasteiger charge is -2.32. The maximum atomic E-state index is 5.96. The van der Waals surface area contributed by atoms with E-state index in [0.29, 0.717) is 0 Å². The van der Waals surface area contributed by atoms with E-state index in [-0.39, 0.29) is 5.41 Å². The van der Waals surface area contributed by atoms with Crippen molar-refractivity contribution in [1.82, 2.24) is 5.32 Å². The first-order valence-electron chi connectivity index (χ1n) is 7.58. The van der Waals surface area contributed by atoms with Crippen molar-refractivity contribution in [2.75, 3.05) is 19.7 Å². The summed E-state index contributed by atoms with van der Waals surface area (Å²) in [5.74, 6) is 0. The predicted octanol–water partition coefficient (Wildman–Crippen LogP) is 4.01. The summed E-state index contributed by atoms with van der Waals surface area (Å²) in [6, 6.07) is 10.4. The fourth-order valence-electron chi connectivity index (χ4n) is 2.25. The van der Waals surface area contributed by atoms with Gasteiger partial charge in [0, 0.05) is 12.0 Å². The Balaban J connectivity index is 2.40. The first-order chi connectivity index (χ1) is 9.26. The zero-order valence-corrected chi connectivity index (χ0v) is 12.7. The van der Waals surface area contributed by atoms with Gasteiger partial charge in [0.2, 0.25) is 0 Å². The van der Waals surface area contributed by atoms with Crippen molar-refractivity contribution in [2.24, 2.45) is 5.41 Å². The van der Waals surface area contributed by atoms with Crippen molar-refractivity contribution in [2.45, 2.75) is 46.6 Å². The van der Waals surface area contributed by atoms with Gasteiger partial charge >= 0.3 is 0 Å². The third kappa shape index (κ3) is 5.75. The smallest absolute Gasteiger partial charge is 0.0717 e. The van der Waals surface area contributed by atoms with Crippen molar-refractivity contribution in [3.8, 4) is 0 Å². The van der Waals surface area contributed by atoms with E-state index in [1.54, 1.807) is 0 Å². The Bertz CT molecular complexity index is 319. The zero-order chi connectivity index (χ0) is 14.0. The predicted molar refractivity (Wildman–Crippen MR) is 82.3 cm³/mol. The van der Waals surface area contributed by atoms with E-state index < -0.39 is 0 Å². The van der Waals surface area contributed by atoms with E-state index in [9.17, 15) is 0 Å². The highest BCUT2D eigenvalue weighted by molar-refractivity contribution is 5.13. The monoisotopic (exact) mass is 263 g/mol. The molecule has 1 rings (SSSR count). The first-order valence-corrected chi connectivity index (χ1v) is 7.58. The third-order valence-electron chi connectivity index (χ3n) is 3.95. The average Bonchev–Trinajstić information content (AvgIpc) is 2.47. The molecule has 2 nitrogen and oxygen atoms in total. The molecule has 0 saturated heterocycles. The van der Waals surface area contributed by atoms with E-state index >= 15 is 0 Å². The van der Waals surface area contributed by atoms with E-state index in [1.165, 1.54) is 12.0 Å². The van der Waals surface area contributed by atoms with Gasteiger partial charge in [0.05, 0.1) is 13.2 Å². The lowest BCUT2D eigenvalue weighted by Crippen LogP contribution is -2.37. The van der Waals surface area contributed by atoms with Crippen LogP contribution in [0.1, 0.15) is 45.6 Å². The van der Waals surface area contributed by atoms with Crippen LogP contribution in [0.5, 0.6) is 0 Å². The normalized spacial score (nSPS) is 11.7. The first kappa shape index (κ1) is 16.2. The molecule has 1 aromatic carbocycles. The fourth-order valence-corrected chi connectivity index (χ4v) is 2.25. The molecule has 0 amide bonds. The van der Waals surface area contributed by atoms with Crippen LogP contribution in [0.25, 0.3) is 0 Å². The number of hydrogen-bond donors (Lipinski definition) is 1. The second-order valence-corrected chi connectivity index (χ2v) is 5.36. The Morgan fingerprint density at radius 2 is 1.74 bits per heavy atom. The van der Waals surface area contributed by atoms with Gasteiger partial charge in [-0.15, -0.1) is 0 Å². The van der Waals surface area contributed by atoms with Crippen LogP contribution in [0, 0.1) is 5.41 Å². The van der Waals surface area contributed by atoms with E-state index in [1.807, 2.05) is 6.07 Å². The molecule has 1 aromatic rings. The molecule has 0 radical (unpaired) electrons. The highest BCUT2D eigenvalue weighted by Crippen LogP contribution is 2.26. The number of benzene rings is 1. The maximum absolute atomic E-state index is 5.96. The van der Waals surface area contributed by atoms with Crippen molar-refractivity contribution in [3.63, 3.8) is 0 Å². The molecule has 0 aliphatic heterocycles. The summed E-state index contributed by atoms with van der Waals surface area (Å²) >= 11 is 0. The van der Waals surface area contributed by atoms with Gasteiger partial charge in [-0.1, -0.05) is 51.1 Å². The largest absolute Gasteiger partial charge is 0.376 e. The highest BCUT2D eigenvalue weighted by atomic mass is 16.5. The summed E-state index contributed by atoms with van der Waals surface area (Å²) in [4.78, 5) is 0.